The Balaban J connectivity index is 1.66. The number of hydrogen-bond acceptors (Lipinski definition) is 4. The quantitative estimate of drug-likeness (QED) is 0.616. The first-order chi connectivity index (χ1) is 13.7. The second-order valence-corrected chi connectivity index (χ2v) is 8.59. The number of aliphatic hydroxyl groups is 1. The van der Waals surface area contributed by atoms with Gasteiger partial charge in [0.15, 0.2) is 0 Å². The van der Waals surface area contributed by atoms with Crippen molar-refractivity contribution in [2.45, 2.75) is 38.3 Å². The number of imide groups is 1. The third-order valence-corrected chi connectivity index (χ3v) is 5.55. The van der Waals surface area contributed by atoms with Crippen LogP contribution in [0, 0.1) is 0 Å². The van der Waals surface area contributed by atoms with Gasteiger partial charge in [-0.3, -0.25) is 9.69 Å². The molecule has 0 spiro atoms. The van der Waals surface area contributed by atoms with Gasteiger partial charge in [-0.1, -0.05) is 60.1 Å². The molecule has 3 amide bonds. The Morgan fingerprint density at radius 1 is 1.17 bits per heavy atom. The number of β-amino-alcohol motifs (C(OH)–C–C–N with tert-alkyl or cyclic N) is 1. The number of urea groups is 1. The third-order valence-electron chi connectivity index (χ3n) is 5.06. The summed E-state index contributed by atoms with van der Waals surface area (Å²) in [5.74, 6) is 0.578. The number of amides is 3. The van der Waals surface area contributed by atoms with E-state index < -0.39 is 17.7 Å². The molecule has 2 aromatic carbocycles. The fraction of sp³-hybridized carbons (Fsp3) is 0.364. The summed E-state index contributed by atoms with van der Waals surface area (Å²) < 4.78 is 6.41. The molecule has 1 heterocycles. The minimum Gasteiger partial charge on any atom is -0.491 e. The lowest BCUT2D eigenvalue weighted by Gasteiger charge is -2.23. The van der Waals surface area contributed by atoms with Gasteiger partial charge < -0.3 is 15.2 Å². The SMILES string of the molecule is CC(C)c1ccc(C2(C)NC(=O)N(CC(O)COc3cccc(Br)c3)C2=O)cc1. The molecule has 29 heavy (non-hydrogen) atoms. The van der Waals surface area contributed by atoms with E-state index in [0.717, 1.165) is 14.9 Å². The van der Waals surface area contributed by atoms with Gasteiger partial charge in [-0.25, -0.2) is 4.79 Å². The molecular formula is C22H25BrN2O4. The molecule has 0 aromatic heterocycles. The van der Waals surface area contributed by atoms with Crippen LogP contribution in [0.25, 0.3) is 0 Å². The highest BCUT2D eigenvalue weighted by Gasteiger charge is 2.49. The Kier molecular flexibility index (Phi) is 6.29. The lowest BCUT2D eigenvalue weighted by molar-refractivity contribution is -0.132. The second-order valence-electron chi connectivity index (χ2n) is 7.67. The fourth-order valence-electron chi connectivity index (χ4n) is 3.27. The van der Waals surface area contributed by atoms with Gasteiger partial charge in [0.1, 0.15) is 24.0 Å². The number of carbonyl (C=O) groups is 2. The molecule has 7 heteroatoms. The molecule has 0 bridgehead atoms. The zero-order valence-corrected chi connectivity index (χ0v) is 18.3. The number of aliphatic hydroxyl groups excluding tert-OH is 1. The van der Waals surface area contributed by atoms with E-state index in [0.29, 0.717) is 17.2 Å². The van der Waals surface area contributed by atoms with E-state index in [9.17, 15) is 14.7 Å². The highest BCUT2D eigenvalue weighted by Crippen LogP contribution is 2.30. The normalized spacial score (nSPS) is 20.1. The molecule has 1 saturated heterocycles. The third kappa shape index (κ3) is 4.62. The van der Waals surface area contributed by atoms with Gasteiger partial charge in [0.2, 0.25) is 0 Å². The van der Waals surface area contributed by atoms with Crippen LogP contribution in [0.15, 0.2) is 53.0 Å². The predicted octanol–water partition coefficient (Wildman–Crippen LogP) is 3.78. The molecule has 0 aliphatic carbocycles. The van der Waals surface area contributed by atoms with Gasteiger partial charge in [-0.05, 0) is 42.2 Å². The van der Waals surface area contributed by atoms with Crippen LogP contribution in [0.4, 0.5) is 4.79 Å². The van der Waals surface area contributed by atoms with Crippen LogP contribution in [0.5, 0.6) is 5.75 Å². The lowest BCUT2D eigenvalue weighted by atomic mass is 9.90. The lowest BCUT2D eigenvalue weighted by Crippen LogP contribution is -2.42. The Bertz CT molecular complexity index is 900. The molecule has 154 valence electrons. The van der Waals surface area contributed by atoms with E-state index in [4.69, 9.17) is 4.74 Å². The van der Waals surface area contributed by atoms with Crippen molar-refractivity contribution in [3.8, 4) is 5.75 Å². The molecule has 2 unspecified atom stereocenters. The topological polar surface area (TPSA) is 78.9 Å². The summed E-state index contributed by atoms with van der Waals surface area (Å²) in [5.41, 5.74) is 0.714. The summed E-state index contributed by atoms with van der Waals surface area (Å²) in [6.07, 6.45) is -1.01. The van der Waals surface area contributed by atoms with E-state index >= 15 is 0 Å². The number of nitrogens with zero attached hydrogens (tertiary/aromatic N) is 1. The number of rotatable bonds is 7. The average Bonchev–Trinajstić information content (AvgIpc) is 2.90. The molecule has 6 nitrogen and oxygen atoms in total. The first kappa shape index (κ1) is 21.3. The van der Waals surface area contributed by atoms with Crippen LogP contribution in [0.1, 0.15) is 37.8 Å². The fourth-order valence-corrected chi connectivity index (χ4v) is 3.65. The van der Waals surface area contributed by atoms with Crippen molar-refractivity contribution in [3.05, 3.63) is 64.1 Å². The number of carbonyl (C=O) groups excluding carboxylic acids is 2. The summed E-state index contributed by atoms with van der Waals surface area (Å²) in [6, 6.07) is 14.4. The van der Waals surface area contributed by atoms with Crippen LogP contribution in [-0.4, -0.2) is 41.2 Å². The van der Waals surface area contributed by atoms with Crippen LogP contribution in [0.2, 0.25) is 0 Å². The number of nitrogens with one attached hydrogen (secondary N) is 1. The number of halogens is 1. The molecular weight excluding hydrogens is 436 g/mol. The highest BCUT2D eigenvalue weighted by molar-refractivity contribution is 9.10. The first-order valence-corrected chi connectivity index (χ1v) is 10.3. The van der Waals surface area contributed by atoms with Crippen LogP contribution < -0.4 is 10.1 Å². The molecule has 0 saturated carbocycles. The minimum absolute atomic E-state index is 0.0344. The maximum atomic E-state index is 13.0. The number of hydrogen-bond donors (Lipinski definition) is 2. The standard InChI is InChI=1S/C22H25BrN2O4/c1-14(2)15-7-9-16(10-8-15)22(3)20(27)25(21(28)24-22)12-18(26)13-29-19-6-4-5-17(23)11-19/h4-11,14,18,26H,12-13H2,1-3H3,(H,24,28). The van der Waals surface area contributed by atoms with Crippen molar-refractivity contribution in [1.82, 2.24) is 10.2 Å². The van der Waals surface area contributed by atoms with Gasteiger partial charge in [-0.2, -0.15) is 0 Å². The molecule has 2 atom stereocenters. The molecule has 0 radical (unpaired) electrons. The van der Waals surface area contributed by atoms with Crippen molar-refractivity contribution in [2.24, 2.45) is 0 Å². The molecule has 1 fully saturated rings. The van der Waals surface area contributed by atoms with Crippen molar-refractivity contribution in [3.63, 3.8) is 0 Å². The van der Waals surface area contributed by atoms with E-state index in [2.05, 4.69) is 35.1 Å². The Morgan fingerprint density at radius 3 is 2.48 bits per heavy atom. The van der Waals surface area contributed by atoms with E-state index in [-0.39, 0.29) is 19.1 Å². The van der Waals surface area contributed by atoms with E-state index in [1.54, 1.807) is 19.1 Å². The number of benzene rings is 2. The molecule has 3 rings (SSSR count). The summed E-state index contributed by atoms with van der Waals surface area (Å²) in [4.78, 5) is 26.5. The van der Waals surface area contributed by atoms with Crippen molar-refractivity contribution < 1.29 is 19.4 Å². The van der Waals surface area contributed by atoms with Gasteiger partial charge >= 0.3 is 6.03 Å². The molecule has 1 aliphatic rings. The maximum Gasteiger partial charge on any atom is 0.325 e. The molecule has 2 N–H and O–H groups in total. The zero-order chi connectivity index (χ0) is 21.2. The minimum atomic E-state index is -1.16. The van der Waals surface area contributed by atoms with Gasteiger partial charge in [0, 0.05) is 4.47 Å². The van der Waals surface area contributed by atoms with Gasteiger partial charge in [-0.15, -0.1) is 0 Å². The first-order valence-electron chi connectivity index (χ1n) is 9.51. The summed E-state index contributed by atoms with van der Waals surface area (Å²) in [6.45, 7) is 5.70. The Hall–Kier alpha value is -2.38. The Labute approximate surface area is 179 Å². The Morgan fingerprint density at radius 2 is 1.86 bits per heavy atom. The van der Waals surface area contributed by atoms with Crippen LogP contribution >= 0.6 is 15.9 Å². The van der Waals surface area contributed by atoms with Crippen LogP contribution in [-0.2, 0) is 10.3 Å². The summed E-state index contributed by atoms with van der Waals surface area (Å²) in [5, 5.41) is 13.1. The summed E-state index contributed by atoms with van der Waals surface area (Å²) >= 11 is 3.35. The average molecular weight is 461 g/mol. The van der Waals surface area contributed by atoms with E-state index in [1.807, 2.05) is 36.4 Å². The van der Waals surface area contributed by atoms with Crippen molar-refractivity contribution in [1.29, 1.82) is 0 Å². The van der Waals surface area contributed by atoms with Crippen molar-refractivity contribution >= 4 is 27.9 Å². The summed E-state index contributed by atoms with van der Waals surface area (Å²) in [7, 11) is 0. The zero-order valence-electron chi connectivity index (χ0n) is 16.7. The predicted molar refractivity (Wildman–Crippen MR) is 114 cm³/mol. The molecule has 1 aliphatic heterocycles. The molecule has 2 aromatic rings. The largest absolute Gasteiger partial charge is 0.491 e. The van der Waals surface area contributed by atoms with Gasteiger partial charge in [0.25, 0.3) is 5.91 Å². The maximum absolute atomic E-state index is 13.0. The van der Waals surface area contributed by atoms with E-state index in [1.165, 1.54) is 0 Å². The number of ether oxygens (including phenoxy) is 1. The van der Waals surface area contributed by atoms with Crippen LogP contribution in [0.3, 0.4) is 0 Å². The monoisotopic (exact) mass is 460 g/mol. The smallest absolute Gasteiger partial charge is 0.325 e. The highest BCUT2D eigenvalue weighted by atomic mass is 79.9. The second kappa shape index (κ2) is 8.55. The van der Waals surface area contributed by atoms with Crippen molar-refractivity contribution in [2.75, 3.05) is 13.2 Å². The van der Waals surface area contributed by atoms with Gasteiger partial charge in [0.05, 0.1) is 6.54 Å².